The predicted octanol–water partition coefficient (Wildman–Crippen LogP) is 1.81. The van der Waals surface area contributed by atoms with Crippen LogP contribution in [0, 0.1) is 5.82 Å². The number of ether oxygens (including phenoxy) is 2. The highest BCUT2D eigenvalue weighted by atomic mass is 19.1. The van der Waals surface area contributed by atoms with Gasteiger partial charge in [0.1, 0.15) is 12.2 Å². The average Bonchev–Trinajstić information content (AvgIpc) is 2.90. The molecule has 3 rings (SSSR count). The Labute approximate surface area is 122 Å². The first kappa shape index (κ1) is 14.0. The van der Waals surface area contributed by atoms with Crippen LogP contribution in [0.3, 0.4) is 0 Å². The molecule has 1 saturated heterocycles. The van der Waals surface area contributed by atoms with Crippen LogP contribution in [-0.4, -0.2) is 44.5 Å². The third-order valence-corrected chi connectivity index (χ3v) is 3.99. The second-order valence-electron chi connectivity index (χ2n) is 5.15. The molecule has 2 atom stereocenters. The van der Waals surface area contributed by atoms with Crippen molar-refractivity contribution in [2.75, 3.05) is 37.9 Å². The maximum Gasteiger partial charge on any atom is 0.150 e. The fourth-order valence-electron chi connectivity index (χ4n) is 2.90. The average molecular weight is 291 g/mol. The summed E-state index contributed by atoms with van der Waals surface area (Å²) < 4.78 is 25.3. The molecule has 1 aromatic carbocycles. The van der Waals surface area contributed by atoms with Crippen molar-refractivity contribution in [1.29, 1.82) is 0 Å². The number of nitrogen functional groups attached to an aromatic ring is 1. The summed E-state index contributed by atoms with van der Waals surface area (Å²) in [5.41, 5.74) is 7.31. The lowest BCUT2D eigenvalue weighted by molar-refractivity contribution is -0.00461. The number of rotatable bonds is 3. The molecule has 112 valence electrons. The molecule has 2 unspecified atom stereocenters. The van der Waals surface area contributed by atoms with Gasteiger partial charge in [0.05, 0.1) is 11.2 Å². The number of nitrogens with two attached hydrogens (primary N) is 1. The van der Waals surface area contributed by atoms with Crippen LogP contribution in [0.25, 0.3) is 10.9 Å². The lowest BCUT2D eigenvalue weighted by atomic mass is 10.1. The number of fused-ring (bicyclic) bond motifs is 1. The van der Waals surface area contributed by atoms with Gasteiger partial charge in [-0.3, -0.25) is 4.98 Å². The number of pyridine rings is 1. The molecule has 0 amide bonds. The van der Waals surface area contributed by atoms with Crippen LogP contribution in [0.1, 0.15) is 0 Å². The summed E-state index contributed by atoms with van der Waals surface area (Å²) in [7, 11) is 3.27. The summed E-state index contributed by atoms with van der Waals surface area (Å²) in [6, 6.07) is 4.99. The number of aromatic nitrogens is 1. The smallest absolute Gasteiger partial charge is 0.150 e. The molecule has 0 aliphatic carbocycles. The highest BCUT2D eigenvalue weighted by molar-refractivity contribution is 5.99. The van der Waals surface area contributed by atoms with Gasteiger partial charge in [-0.15, -0.1) is 0 Å². The van der Waals surface area contributed by atoms with E-state index in [2.05, 4.69) is 4.98 Å². The van der Waals surface area contributed by atoms with Crippen molar-refractivity contribution in [1.82, 2.24) is 4.98 Å². The number of anilines is 2. The fourth-order valence-corrected chi connectivity index (χ4v) is 2.90. The Kier molecular flexibility index (Phi) is 3.65. The Morgan fingerprint density at radius 1 is 1.29 bits per heavy atom. The number of benzene rings is 1. The largest absolute Gasteiger partial charge is 0.398 e. The van der Waals surface area contributed by atoms with Gasteiger partial charge in [0.25, 0.3) is 0 Å². The topological polar surface area (TPSA) is 60.6 Å². The van der Waals surface area contributed by atoms with E-state index in [0.717, 1.165) is 5.39 Å². The molecule has 2 N–H and O–H groups in total. The first-order valence-electron chi connectivity index (χ1n) is 6.79. The fraction of sp³-hybridized carbons (Fsp3) is 0.400. The first-order chi connectivity index (χ1) is 10.2. The standard InChI is InChI=1S/C15H18FN3O2/c1-20-12-7-19(8-13(12)21-2)15-10(16)6-11(17)9-4-3-5-18-14(9)15/h3-6,12-13H,7-8,17H2,1-2H3. The van der Waals surface area contributed by atoms with Crippen molar-refractivity contribution >= 4 is 22.3 Å². The molecule has 0 radical (unpaired) electrons. The van der Waals surface area contributed by atoms with E-state index in [-0.39, 0.29) is 18.0 Å². The van der Waals surface area contributed by atoms with E-state index in [0.29, 0.717) is 30.0 Å². The van der Waals surface area contributed by atoms with Gasteiger partial charge in [-0.05, 0) is 18.2 Å². The van der Waals surface area contributed by atoms with Gasteiger partial charge in [0.15, 0.2) is 5.82 Å². The van der Waals surface area contributed by atoms with Gasteiger partial charge >= 0.3 is 0 Å². The number of methoxy groups -OCH3 is 2. The monoisotopic (exact) mass is 291 g/mol. The van der Waals surface area contributed by atoms with Crippen LogP contribution in [0.2, 0.25) is 0 Å². The highest BCUT2D eigenvalue weighted by Gasteiger charge is 2.35. The number of nitrogens with zero attached hydrogens (tertiary/aromatic N) is 2. The summed E-state index contributed by atoms with van der Waals surface area (Å²) in [5.74, 6) is -0.370. The second-order valence-corrected chi connectivity index (χ2v) is 5.15. The van der Waals surface area contributed by atoms with E-state index in [1.807, 2.05) is 11.0 Å². The van der Waals surface area contributed by atoms with Crippen LogP contribution in [0.4, 0.5) is 15.8 Å². The second kappa shape index (κ2) is 5.46. The molecule has 2 heterocycles. The third-order valence-electron chi connectivity index (χ3n) is 3.99. The van der Waals surface area contributed by atoms with Crippen molar-refractivity contribution in [2.45, 2.75) is 12.2 Å². The van der Waals surface area contributed by atoms with Crippen molar-refractivity contribution in [3.05, 3.63) is 30.2 Å². The summed E-state index contributed by atoms with van der Waals surface area (Å²) in [4.78, 5) is 6.22. The molecule has 6 heteroatoms. The zero-order valence-electron chi connectivity index (χ0n) is 12.0. The minimum atomic E-state index is -0.370. The van der Waals surface area contributed by atoms with Gasteiger partial charge in [-0.25, -0.2) is 4.39 Å². The summed E-state index contributed by atoms with van der Waals surface area (Å²) in [6.45, 7) is 1.11. The zero-order chi connectivity index (χ0) is 15.0. The molecule has 0 saturated carbocycles. The van der Waals surface area contributed by atoms with E-state index < -0.39 is 0 Å². The normalized spacial score (nSPS) is 22.1. The van der Waals surface area contributed by atoms with Crippen LogP contribution >= 0.6 is 0 Å². The Balaban J connectivity index is 2.09. The van der Waals surface area contributed by atoms with Crippen LogP contribution < -0.4 is 10.6 Å². The SMILES string of the molecule is COC1CN(c2c(F)cc(N)c3cccnc23)CC1OC. The van der Waals surface area contributed by atoms with Gasteiger partial charge in [0, 0.05) is 44.6 Å². The number of hydrogen-bond donors (Lipinski definition) is 1. The molecule has 21 heavy (non-hydrogen) atoms. The Hall–Kier alpha value is -1.92. The molecule has 0 spiro atoms. The maximum absolute atomic E-state index is 14.5. The molecule has 1 aliphatic heterocycles. The molecule has 0 bridgehead atoms. The molecular formula is C15H18FN3O2. The van der Waals surface area contributed by atoms with Crippen molar-refractivity contribution in [2.24, 2.45) is 0 Å². The van der Waals surface area contributed by atoms with Crippen LogP contribution in [0.15, 0.2) is 24.4 Å². The number of halogens is 1. The quantitative estimate of drug-likeness (QED) is 0.874. The third kappa shape index (κ3) is 2.30. The Morgan fingerprint density at radius 3 is 2.57 bits per heavy atom. The summed E-state index contributed by atoms with van der Waals surface area (Å²) in [5, 5.41) is 0.753. The summed E-state index contributed by atoms with van der Waals surface area (Å²) >= 11 is 0. The minimum absolute atomic E-state index is 0.0919. The van der Waals surface area contributed by atoms with E-state index in [4.69, 9.17) is 15.2 Å². The molecule has 2 aromatic rings. The highest BCUT2D eigenvalue weighted by Crippen LogP contribution is 2.34. The van der Waals surface area contributed by atoms with Crippen molar-refractivity contribution in [3.8, 4) is 0 Å². The summed E-state index contributed by atoms with van der Waals surface area (Å²) in [6.07, 6.45) is 1.46. The molecule has 1 fully saturated rings. The molecule has 1 aromatic heterocycles. The molecule has 1 aliphatic rings. The molecular weight excluding hydrogens is 273 g/mol. The van der Waals surface area contributed by atoms with Crippen molar-refractivity contribution in [3.63, 3.8) is 0 Å². The van der Waals surface area contributed by atoms with Crippen molar-refractivity contribution < 1.29 is 13.9 Å². The maximum atomic E-state index is 14.5. The lowest BCUT2D eigenvalue weighted by Gasteiger charge is -2.21. The van der Waals surface area contributed by atoms with Crippen LogP contribution in [0.5, 0.6) is 0 Å². The van der Waals surface area contributed by atoms with E-state index in [9.17, 15) is 4.39 Å². The van der Waals surface area contributed by atoms with Gasteiger partial charge < -0.3 is 20.1 Å². The minimum Gasteiger partial charge on any atom is -0.398 e. The lowest BCUT2D eigenvalue weighted by Crippen LogP contribution is -2.27. The van der Waals surface area contributed by atoms with Gasteiger partial charge in [-0.2, -0.15) is 0 Å². The van der Waals surface area contributed by atoms with E-state index in [1.54, 1.807) is 26.5 Å². The molecule has 5 nitrogen and oxygen atoms in total. The zero-order valence-corrected chi connectivity index (χ0v) is 12.0. The Morgan fingerprint density at radius 2 is 1.95 bits per heavy atom. The van der Waals surface area contributed by atoms with E-state index >= 15 is 0 Å². The number of hydrogen-bond acceptors (Lipinski definition) is 5. The predicted molar refractivity (Wildman–Crippen MR) is 79.9 cm³/mol. The van der Waals surface area contributed by atoms with Gasteiger partial charge in [0.2, 0.25) is 0 Å². The first-order valence-corrected chi connectivity index (χ1v) is 6.79. The Bertz CT molecular complexity index is 653. The van der Waals surface area contributed by atoms with E-state index in [1.165, 1.54) is 6.07 Å². The van der Waals surface area contributed by atoms with Crippen LogP contribution in [-0.2, 0) is 9.47 Å². The van der Waals surface area contributed by atoms with Gasteiger partial charge in [-0.1, -0.05) is 0 Å².